The molecule has 0 saturated carbocycles. The maximum atomic E-state index is 12.9. The van der Waals surface area contributed by atoms with Crippen LogP contribution < -0.4 is 18.9 Å². The van der Waals surface area contributed by atoms with Gasteiger partial charge >= 0.3 is 11.9 Å². The zero-order valence-corrected chi connectivity index (χ0v) is 17.6. The normalized spacial score (nSPS) is 21.5. The molecule has 2 aromatic rings. The van der Waals surface area contributed by atoms with Gasteiger partial charge in [0, 0.05) is 19.3 Å². The largest absolute Gasteiger partial charge is 0.493 e. The molecule has 2 aliphatic rings. The molecule has 0 bridgehead atoms. The molecule has 2 aromatic carbocycles. The first-order valence-electron chi connectivity index (χ1n) is 9.91. The molecule has 8 heteroatoms. The van der Waals surface area contributed by atoms with E-state index >= 15 is 0 Å². The molecular formula is C23H24O8. The molecule has 0 aliphatic carbocycles. The van der Waals surface area contributed by atoms with Crippen LogP contribution in [0.2, 0.25) is 0 Å². The first-order chi connectivity index (χ1) is 14.9. The third-order valence-corrected chi connectivity index (χ3v) is 5.58. The Hall–Kier alpha value is -3.42. The van der Waals surface area contributed by atoms with Crippen molar-refractivity contribution in [1.82, 2.24) is 0 Å². The van der Waals surface area contributed by atoms with Crippen LogP contribution in [0.1, 0.15) is 18.1 Å². The minimum atomic E-state index is -1.44. The van der Waals surface area contributed by atoms with Gasteiger partial charge in [-0.25, -0.2) is 4.79 Å². The van der Waals surface area contributed by atoms with Crippen molar-refractivity contribution < 1.29 is 38.0 Å². The van der Waals surface area contributed by atoms with Gasteiger partial charge in [0.2, 0.25) is 12.4 Å². The number of carbonyl (C=O) groups is 2. The summed E-state index contributed by atoms with van der Waals surface area (Å²) in [4.78, 5) is 24.9. The second kappa shape index (κ2) is 8.37. The van der Waals surface area contributed by atoms with Crippen molar-refractivity contribution in [3.63, 3.8) is 0 Å². The lowest BCUT2D eigenvalue weighted by Crippen LogP contribution is -2.48. The van der Waals surface area contributed by atoms with Crippen LogP contribution in [0.4, 0.5) is 0 Å². The van der Waals surface area contributed by atoms with Crippen LogP contribution in [0.5, 0.6) is 23.0 Å². The van der Waals surface area contributed by atoms with Crippen LogP contribution >= 0.6 is 0 Å². The second-order valence-corrected chi connectivity index (χ2v) is 7.54. The average molecular weight is 428 g/mol. The predicted molar refractivity (Wildman–Crippen MR) is 108 cm³/mol. The third kappa shape index (κ3) is 3.97. The molecule has 1 saturated heterocycles. The fraction of sp³-hybridized carbons (Fsp3) is 0.391. The van der Waals surface area contributed by atoms with Crippen LogP contribution in [-0.4, -0.2) is 45.2 Å². The van der Waals surface area contributed by atoms with Gasteiger partial charge < -0.3 is 28.4 Å². The number of methoxy groups -OCH3 is 2. The van der Waals surface area contributed by atoms with Gasteiger partial charge in [-0.3, -0.25) is 4.79 Å². The summed E-state index contributed by atoms with van der Waals surface area (Å²) in [6.07, 6.45) is 0.615. The van der Waals surface area contributed by atoms with Crippen molar-refractivity contribution in [2.24, 2.45) is 5.92 Å². The molecule has 0 N–H and O–H groups in total. The molecule has 31 heavy (non-hydrogen) atoms. The molecule has 0 radical (unpaired) electrons. The van der Waals surface area contributed by atoms with E-state index in [1.54, 1.807) is 19.2 Å². The van der Waals surface area contributed by atoms with E-state index in [1.165, 1.54) is 14.0 Å². The van der Waals surface area contributed by atoms with Gasteiger partial charge in [-0.05, 0) is 41.8 Å². The van der Waals surface area contributed by atoms with Crippen molar-refractivity contribution in [2.75, 3.05) is 27.6 Å². The zero-order chi connectivity index (χ0) is 22.0. The number of benzene rings is 2. The molecule has 0 unspecified atom stereocenters. The number of fused-ring (bicyclic) bond motifs is 1. The number of rotatable bonds is 7. The van der Waals surface area contributed by atoms with Crippen LogP contribution in [-0.2, 0) is 31.9 Å². The molecule has 0 aromatic heterocycles. The van der Waals surface area contributed by atoms with E-state index in [0.717, 1.165) is 11.1 Å². The lowest BCUT2D eigenvalue weighted by molar-refractivity contribution is -0.174. The summed E-state index contributed by atoms with van der Waals surface area (Å²) < 4.78 is 32.5. The Kier molecular flexibility index (Phi) is 5.63. The lowest BCUT2D eigenvalue weighted by atomic mass is 9.80. The Morgan fingerprint density at radius 3 is 2.48 bits per heavy atom. The van der Waals surface area contributed by atoms with Crippen molar-refractivity contribution in [2.45, 2.75) is 25.4 Å². The van der Waals surface area contributed by atoms with Crippen LogP contribution in [0.25, 0.3) is 0 Å². The summed E-state index contributed by atoms with van der Waals surface area (Å²) in [6, 6.07) is 11.0. The molecule has 4 rings (SSSR count). The van der Waals surface area contributed by atoms with Gasteiger partial charge in [-0.2, -0.15) is 0 Å². The van der Waals surface area contributed by atoms with E-state index in [2.05, 4.69) is 0 Å². The number of hydrogen-bond donors (Lipinski definition) is 0. The maximum Gasteiger partial charge on any atom is 0.351 e. The monoisotopic (exact) mass is 428 g/mol. The van der Waals surface area contributed by atoms with E-state index in [4.69, 9.17) is 28.4 Å². The average Bonchev–Trinajstić information content (AvgIpc) is 3.33. The number of carbonyl (C=O) groups excluding carboxylic acids is 2. The quantitative estimate of drug-likeness (QED) is 0.622. The van der Waals surface area contributed by atoms with E-state index in [0.29, 0.717) is 29.4 Å². The van der Waals surface area contributed by atoms with Gasteiger partial charge in [0.25, 0.3) is 0 Å². The molecule has 8 nitrogen and oxygen atoms in total. The smallest absolute Gasteiger partial charge is 0.351 e. The highest BCUT2D eigenvalue weighted by Gasteiger charge is 2.55. The van der Waals surface area contributed by atoms with Gasteiger partial charge in [0.15, 0.2) is 23.0 Å². The van der Waals surface area contributed by atoms with Gasteiger partial charge in [0.05, 0.1) is 20.8 Å². The molecule has 1 fully saturated rings. The lowest BCUT2D eigenvalue weighted by Gasteiger charge is -2.31. The summed E-state index contributed by atoms with van der Waals surface area (Å²) in [5, 5.41) is 0. The van der Waals surface area contributed by atoms with Crippen molar-refractivity contribution in [3.05, 3.63) is 47.5 Å². The Morgan fingerprint density at radius 1 is 1.00 bits per heavy atom. The van der Waals surface area contributed by atoms with Crippen molar-refractivity contribution >= 4 is 11.9 Å². The van der Waals surface area contributed by atoms with Crippen LogP contribution in [0, 0.1) is 5.92 Å². The summed E-state index contributed by atoms with van der Waals surface area (Å²) >= 11 is 0. The highest BCUT2D eigenvalue weighted by atomic mass is 16.7. The predicted octanol–water partition coefficient (Wildman–Crippen LogP) is 2.69. The highest BCUT2D eigenvalue weighted by Crippen LogP contribution is 2.40. The Labute approximate surface area is 179 Å². The number of ether oxygens (including phenoxy) is 6. The summed E-state index contributed by atoms with van der Waals surface area (Å²) in [7, 11) is 3.09. The standard InChI is InChI=1S/C23H24O8/c1-14(24)31-23(11-16-5-6-18(26-2)20(10-16)27-3)17(12-28-22(23)25)8-15-4-7-19-21(9-15)30-13-29-19/h4-7,9-10,17H,8,11-13H2,1-3H3/t17-,23-/m0/s1. The van der Waals surface area contributed by atoms with Gasteiger partial charge in [-0.15, -0.1) is 0 Å². The second-order valence-electron chi connectivity index (χ2n) is 7.54. The highest BCUT2D eigenvalue weighted by molar-refractivity contribution is 5.85. The fourth-order valence-electron chi connectivity index (χ4n) is 4.10. The molecule has 2 heterocycles. The van der Waals surface area contributed by atoms with Crippen molar-refractivity contribution in [1.29, 1.82) is 0 Å². The minimum Gasteiger partial charge on any atom is -0.493 e. The summed E-state index contributed by atoms with van der Waals surface area (Å²) in [5.74, 6) is 0.950. The zero-order valence-electron chi connectivity index (χ0n) is 17.6. The van der Waals surface area contributed by atoms with E-state index < -0.39 is 17.5 Å². The summed E-state index contributed by atoms with van der Waals surface area (Å²) in [6.45, 7) is 1.62. The maximum absolute atomic E-state index is 12.9. The first-order valence-corrected chi connectivity index (χ1v) is 9.91. The van der Waals surface area contributed by atoms with E-state index in [9.17, 15) is 9.59 Å². The van der Waals surface area contributed by atoms with Crippen LogP contribution in [0.15, 0.2) is 36.4 Å². The Bertz CT molecular complexity index is 1000. The molecule has 2 atom stereocenters. The number of hydrogen-bond acceptors (Lipinski definition) is 8. The Morgan fingerprint density at radius 2 is 1.74 bits per heavy atom. The van der Waals surface area contributed by atoms with E-state index in [1.807, 2.05) is 24.3 Å². The van der Waals surface area contributed by atoms with Gasteiger partial charge in [0.1, 0.15) is 0 Å². The van der Waals surface area contributed by atoms with E-state index in [-0.39, 0.29) is 25.7 Å². The van der Waals surface area contributed by atoms with Crippen molar-refractivity contribution in [3.8, 4) is 23.0 Å². The molecule has 0 spiro atoms. The first kappa shape index (κ1) is 20.8. The fourth-order valence-corrected chi connectivity index (χ4v) is 4.10. The Balaban J connectivity index is 1.66. The van der Waals surface area contributed by atoms with Gasteiger partial charge in [-0.1, -0.05) is 12.1 Å². The minimum absolute atomic E-state index is 0.147. The summed E-state index contributed by atoms with van der Waals surface area (Å²) in [5.41, 5.74) is 0.242. The molecular weight excluding hydrogens is 404 g/mol. The molecule has 2 aliphatic heterocycles. The number of esters is 2. The SMILES string of the molecule is COc1ccc(C[C@@]2(OC(C)=O)C(=O)OC[C@@H]2Cc2ccc3c(c2)OCO3)cc1OC. The van der Waals surface area contributed by atoms with Crippen LogP contribution in [0.3, 0.4) is 0 Å². The molecule has 0 amide bonds. The third-order valence-electron chi connectivity index (χ3n) is 5.58. The topological polar surface area (TPSA) is 89.5 Å². The number of cyclic esters (lactones) is 1. The molecule has 164 valence electrons.